The highest BCUT2D eigenvalue weighted by atomic mass is 15.2. The van der Waals surface area contributed by atoms with Crippen molar-refractivity contribution in [3.05, 3.63) is 29.6 Å². The third-order valence-electron chi connectivity index (χ3n) is 4.00. The fraction of sp³-hybridized carbons (Fsp3) is 0.667. The first-order chi connectivity index (χ1) is 8.69. The summed E-state index contributed by atoms with van der Waals surface area (Å²) in [6.07, 6.45) is 3.26. The van der Waals surface area contributed by atoms with Crippen LogP contribution < -0.4 is 5.32 Å². The molecule has 0 saturated carbocycles. The van der Waals surface area contributed by atoms with Gasteiger partial charge in [-0.15, -0.1) is 0 Å². The van der Waals surface area contributed by atoms with Gasteiger partial charge in [0.1, 0.15) is 0 Å². The van der Waals surface area contributed by atoms with E-state index in [2.05, 4.69) is 41.2 Å². The van der Waals surface area contributed by atoms with Gasteiger partial charge >= 0.3 is 0 Å². The summed E-state index contributed by atoms with van der Waals surface area (Å²) in [6.45, 7) is 11.1. The summed E-state index contributed by atoms with van der Waals surface area (Å²) in [5.41, 5.74) is 2.42. The third kappa shape index (κ3) is 3.53. The number of aryl methyl sites for hydroxylation is 1. The highest BCUT2D eigenvalue weighted by molar-refractivity contribution is 5.13. The van der Waals surface area contributed by atoms with Crippen LogP contribution in [0.3, 0.4) is 0 Å². The summed E-state index contributed by atoms with van der Waals surface area (Å²) in [7, 11) is 0. The zero-order valence-corrected chi connectivity index (χ0v) is 11.8. The van der Waals surface area contributed by atoms with Crippen molar-refractivity contribution >= 4 is 0 Å². The molecule has 1 fully saturated rings. The van der Waals surface area contributed by atoms with E-state index in [0.29, 0.717) is 6.04 Å². The summed E-state index contributed by atoms with van der Waals surface area (Å²) < 4.78 is 0. The van der Waals surface area contributed by atoms with E-state index in [-0.39, 0.29) is 0 Å². The molecule has 0 aliphatic carbocycles. The normalized spacial score (nSPS) is 22.9. The van der Waals surface area contributed by atoms with Gasteiger partial charge in [-0.05, 0) is 24.5 Å². The average Bonchev–Trinajstić information content (AvgIpc) is 2.41. The quantitative estimate of drug-likeness (QED) is 0.884. The fourth-order valence-electron chi connectivity index (χ4n) is 2.50. The predicted molar refractivity (Wildman–Crippen MR) is 75.5 cm³/mol. The second kappa shape index (κ2) is 6.30. The van der Waals surface area contributed by atoms with Crippen molar-refractivity contribution in [3.8, 4) is 0 Å². The zero-order valence-electron chi connectivity index (χ0n) is 11.8. The van der Waals surface area contributed by atoms with Crippen LogP contribution in [0.15, 0.2) is 18.3 Å². The van der Waals surface area contributed by atoms with Gasteiger partial charge in [0.25, 0.3) is 0 Å². The molecule has 0 unspecified atom stereocenters. The molecule has 1 aliphatic rings. The van der Waals surface area contributed by atoms with E-state index < -0.39 is 0 Å². The van der Waals surface area contributed by atoms with E-state index in [1.165, 1.54) is 12.0 Å². The van der Waals surface area contributed by atoms with Crippen molar-refractivity contribution in [2.45, 2.75) is 39.8 Å². The van der Waals surface area contributed by atoms with Gasteiger partial charge in [-0.25, -0.2) is 0 Å². The summed E-state index contributed by atoms with van der Waals surface area (Å²) in [5.74, 6) is 0.754. The largest absolute Gasteiger partial charge is 0.311 e. The molecular formula is C15H25N3. The first-order valence-corrected chi connectivity index (χ1v) is 7.06. The van der Waals surface area contributed by atoms with Gasteiger partial charge in [-0.1, -0.05) is 26.3 Å². The molecule has 0 aromatic carbocycles. The average molecular weight is 247 g/mol. The Morgan fingerprint density at radius 3 is 3.00 bits per heavy atom. The molecule has 1 N–H and O–H groups in total. The van der Waals surface area contributed by atoms with Crippen molar-refractivity contribution in [1.29, 1.82) is 0 Å². The van der Waals surface area contributed by atoms with Crippen LogP contribution >= 0.6 is 0 Å². The smallest absolute Gasteiger partial charge is 0.0372 e. The fourth-order valence-corrected chi connectivity index (χ4v) is 2.50. The predicted octanol–water partition coefficient (Wildman–Crippen LogP) is 2.21. The molecule has 2 atom stereocenters. The molecule has 1 saturated heterocycles. The van der Waals surface area contributed by atoms with Crippen LogP contribution in [0.2, 0.25) is 0 Å². The standard InChI is InChI=1S/C15H25N3/c1-4-12(2)15-11-18(8-7-16-15)10-14-6-5-13(3)17-9-14/h5-6,9,12,15-16H,4,7-8,10-11H2,1-3H3/t12-,15+/m1/s1. The van der Waals surface area contributed by atoms with Crippen LogP contribution in [0.25, 0.3) is 0 Å². The summed E-state index contributed by atoms with van der Waals surface area (Å²) >= 11 is 0. The van der Waals surface area contributed by atoms with Crippen LogP contribution in [-0.4, -0.2) is 35.6 Å². The van der Waals surface area contributed by atoms with E-state index in [1.54, 1.807) is 0 Å². The van der Waals surface area contributed by atoms with Crippen molar-refractivity contribution in [1.82, 2.24) is 15.2 Å². The molecular weight excluding hydrogens is 222 g/mol. The topological polar surface area (TPSA) is 28.2 Å². The monoisotopic (exact) mass is 247 g/mol. The van der Waals surface area contributed by atoms with Crippen molar-refractivity contribution < 1.29 is 0 Å². The molecule has 2 heterocycles. The highest BCUT2D eigenvalue weighted by Gasteiger charge is 2.22. The Kier molecular flexibility index (Phi) is 4.72. The minimum atomic E-state index is 0.641. The molecule has 0 spiro atoms. The lowest BCUT2D eigenvalue weighted by Gasteiger charge is -2.36. The second-order valence-electron chi connectivity index (χ2n) is 5.49. The van der Waals surface area contributed by atoms with Crippen LogP contribution in [-0.2, 0) is 6.54 Å². The molecule has 0 amide bonds. The van der Waals surface area contributed by atoms with Gasteiger partial charge in [0, 0.05) is 44.1 Å². The van der Waals surface area contributed by atoms with Crippen LogP contribution in [0, 0.1) is 12.8 Å². The van der Waals surface area contributed by atoms with Gasteiger partial charge in [0.05, 0.1) is 0 Å². The van der Waals surface area contributed by atoms with Gasteiger partial charge in [-0.3, -0.25) is 9.88 Å². The molecule has 100 valence electrons. The van der Waals surface area contributed by atoms with Gasteiger partial charge in [0.15, 0.2) is 0 Å². The number of rotatable bonds is 4. The summed E-state index contributed by atoms with van der Waals surface area (Å²) in [4.78, 5) is 6.91. The molecule has 2 rings (SSSR count). The maximum atomic E-state index is 4.37. The van der Waals surface area contributed by atoms with E-state index in [1.807, 2.05) is 13.1 Å². The molecule has 3 nitrogen and oxygen atoms in total. The van der Waals surface area contributed by atoms with E-state index in [9.17, 15) is 0 Å². The minimum Gasteiger partial charge on any atom is -0.311 e. The van der Waals surface area contributed by atoms with E-state index in [0.717, 1.165) is 37.8 Å². The number of aromatic nitrogens is 1. The number of piperazine rings is 1. The SMILES string of the molecule is CC[C@@H](C)[C@@H]1CN(Cc2ccc(C)nc2)CCN1. The molecule has 1 aromatic rings. The van der Waals surface area contributed by atoms with Gasteiger partial charge < -0.3 is 5.32 Å². The minimum absolute atomic E-state index is 0.641. The van der Waals surface area contributed by atoms with Crippen LogP contribution in [0.5, 0.6) is 0 Å². The van der Waals surface area contributed by atoms with Gasteiger partial charge in [-0.2, -0.15) is 0 Å². The number of hydrogen-bond acceptors (Lipinski definition) is 3. The van der Waals surface area contributed by atoms with Crippen molar-refractivity contribution in [2.24, 2.45) is 5.92 Å². The Hall–Kier alpha value is -0.930. The van der Waals surface area contributed by atoms with Crippen LogP contribution in [0.1, 0.15) is 31.5 Å². The summed E-state index contributed by atoms with van der Waals surface area (Å²) in [5, 5.41) is 3.64. The van der Waals surface area contributed by atoms with Gasteiger partial charge in [0.2, 0.25) is 0 Å². The number of nitrogens with zero attached hydrogens (tertiary/aromatic N) is 2. The van der Waals surface area contributed by atoms with E-state index in [4.69, 9.17) is 0 Å². The first kappa shape index (κ1) is 13.5. The highest BCUT2D eigenvalue weighted by Crippen LogP contribution is 2.14. The lowest BCUT2D eigenvalue weighted by atomic mass is 9.97. The van der Waals surface area contributed by atoms with E-state index >= 15 is 0 Å². The lowest BCUT2D eigenvalue weighted by molar-refractivity contribution is 0.162. The molecule has 0 radical (unpaired) electrons. The molecule has 0 bridgehead atoms. The Labute approximate surface area is 111 Å². The number of pyridine rings is 1. The third-order valence-corrected chi connectivity index (χ3v) is 4.00. The maximum Gasteiger partial charge on any atom is 0.0372 e. The zero-order chi connectivity index (χ0) is 13.0. The molecule has 1 aliphatic heterocycles. The number of hydrogen-bond donors (Lipinski definition) is 1. The Balaban J connectivity index is 1.91. The maximum absolute atomic E-state index is 4.37. The Bertz CT molecular complexity index is 361. The Morgan fingerprint density at radius 2 is 2.33 bits per heavy atom. The molecule has 1 aromatic heterocycles. The summed E-state index contributed by atoms with van der Waals surface area (Å²) in [6, 6.07) is 4.94. The molecule has 18 heavy (non-hydrogen) atoms. The van der Waals surface area contributed by atoms with Crippen molar-refractivity contribution in [2.75, 3.05) is 19.6 Å². The van der Waals surface area contributed by atoms with Crippen LogP contribution in [0.4, 0.5) is 0 Å². The number of nitrogens with one attached hydrogen (secondary N) is 1. The second-order valence-corrected chi connectivity index (χ2v) is 5.49. The lowest BCUT2D eigenvalue weighted by Crippen LogP contribution is -2.52. The first-order valence-electron chi connectivity index (χ1n) is 7.06. The molecule has 3 heteroatoms. The Morgan fingerprint density at radius 1 is 1.50 bits per heavy atom. The van der Waals surface area contributed by atoms with Crippen molar-refractivity contribution in [3.63, 3.8) is 0 Å².